The van der Waals surface area contributed by atoms with E-state index in [1.807, 2.05) is 24.3 Å². The van der Waals surface area contributed by atoms with Crippen LogP contribution in [0.2, 0.25) is 0 Å². The third-order valence-electron chi connectivity index (χ3n) is 7.36. The van der Waals surface area contributed by atoms with Crippen LogP contribution in [0, 0.1) is 11.3 Å². The number of carbonyl (C=O) groups excluding carboxylic acids is 1. The molecule has 0 radical (unpaired) electrons. The van der Waals surface area contributed by atoms with Crippen molar-refractivity contribution in [1.82, 2.24) is 9.21 Å². The Morgan fingerprint density at radius 2 is 1.73 bits per heavy atom. The van der Waals surface area contributed by atoms with Crippen LogP contribution in [0.4, 0.5) is 0 Å². The summed E-state index contributed by atoms with van der Waals surface area (Å²) >= 11 is 0. The quantitative estimate of drug-likeness (QED) is 0.702. The average molecular weight is 462 g/mol. The molecule has 0 amide bonds. The highest BCUT2D eigenvalue weighted by molar-refractivity contribution is 7.88. The Hall–Kier alpha value is -2.79. The molecule has 0 bridgehead atoms. The van der Waals surface area contributed by atoms with Gasteiger partial charge in [0.1, 0.15) is 0 Å². The fourth-order valence-electron chi connectivity index (χ4n) is 5.47. The molecule has 5 rings (SSSR count). The maximum absolute atomic E-state index is 13.5. The first-order valence-corrected chi connectivity index (χ1v) is 13.1. The molecule has 2 aromatic carbocycles. The molecule has 170 valence electrons. The van der Waals surface area contributed by atoms with E-state index in [-0.39, 0.29) is 11.2 Å². The lowest BCUT2D eigenvalue weighted by atomic mass is 9.68. The minimum atomic E-state index is -3.15. The van der Waals surface area contributed by atoms with E-state index in [1.165, 1.54) is 10.6 Å². The molecule has 1 saturated heterocycles. The van der Waals surface area contributed by atoms with Crippen molar-refractivity contribution in [2.45, 2.75) is 32.2 Å². The first-order valence-electron chi connectivity index (χ1n) is 11.2. The Morgan fingerprint density at radius 1 is 1.03 bits per heavy atom. The summed E-state index contributed by atoms with van der Waals surface area (Å²) in [4.78, 5) is 15.8. The van der Waals surface area contributed by atoms with Crippen molar-refractivity contribution in [3.63, 3.8) is 0 Å². The predicted molar refractivity (Wildman–Crippen MR) is 127 cm³/mol. The molecule has 1 aliphatic heterocycles. The first kappa shape index (κ1) is 22.0. The van der Waals surface area contributed by atoms with E-state index in [1.54, 1.807) is 6.07 Å². The lowest BCUT2D eigenvalue weighted by molar-refractivity contribution is 0.105. The van der Waals surface area contributed by atoms with Gasteiger partial charge in [0.15, 0.2) is 5.78 Å². The molecule has 1 fully saturated rings. The van der Waals surface area contributed by atoms with E-state index in [9.17, 15) is 18.5 Å². The lowest BCUT2D eigenvalue weighted by Gasteiger charge is -2.36. The summed E-state index contributed by atoms with van der Waals surface area (Å²) in [6.07, 6.45) is 1.95. The zero-order valence-corrected chi connectivity index (χ0v) is 20.0. The van der Waals surface area contributed by atoms with Crippen molar-refractivity contribution in [2.75, 3.05) is 32.4 Å². The summed E-state index contributed by atoms with van der Waals surface area (Å²) in [7, 11) is -3.15. The average Bonchev–Trinajstić information content (AvgIpc) is 3.17. The minimum absolute atomic E-state index is 0.0658. The van der Waals surface area contributed by atoms with Gasteiger partial charge in [-0.15, -0.1) is 0 Å². The summed E-state index contributed by atoms with van der Waals surface area (Å²) in [5.41, 5.74) is 7.20. The number of nitrogens with zero attached hydrogens (tertiary/aromatic N) is 3. The van der Waals surface area contributed by atoms with Crippen molar-refractivity contribution in [1.29, 1.82) is 5.26 Å². The largest absolute Gasteiger partial charge is 0.296 e. The van der Waals surface area contributed by atoms with Gasteiger partial charge in [0.2, 0.25) is 10.0 Å². The summed E-state index contributed by atoms with van der Waals surface area (Å²) in [5.74, 6) is 0.0658. The maximum Gasteiger partial charge on any atom is 0.211 e. The summed E-state index contributed by atoms with van der Waals surface area (Å²) in [5, 5.41) is 9.28. The van der Waals surface area contributed by atoms with Gasteiger partial charge in [-0.2, -0.15) is 9.57 Å². The minimum Gasteiger partial charge on any atom is -0.296 e. The van der Waals surface area contributed by atoms with Crippen LogP contribution in [0.5, 0.6) is 0 Å². The van der Waals surface area contributed by atoms with Crippen LogP contribution < -0.4 is 0 Å². The van der Waals surface area contributed by atoms with Crippen LogP contribution in [0.1, 0.15) is 52.0 Å². The van der Waals surface area contributed by atoms with E-state index in [2.05, 4.69) is 30.9 Å². The molecule has 2 aromatic rings. The smallest absolute Gasteiger partial charge is 0.211 e. The Balaban J connectivity index is 1.43. The second kappa shape index (κ2) is 7.63. The number of nitriles is 1. The Labute approximate surface area is 195 Å². The van der Waals surface area contributed by atoms with Crippen LogP contribution in [0.25, 0.3) is 5.57 Å². The summed E-state index contributed by atoms with van der Waals surface area (Å²) in [6.45, 7) is 7.49. The Kier molecular flexibility index (Phi) is 5.09. The van der Waals surface area contributed by atoms with E-state index in [4.69, 9.17) is 0 Å². The van der Waals surface area contributed by atoms with Crippen LogP contribution >= 0.6 is 0 Å². The van der Waals surface area contributed by atoms with Gasteiger partial charge >= 0.3 is 0 Å². The predicted octanol–water partition coefficient (Wildman–Crippen LogP) is 3.12. The number of fused-ring (bicyclic) bond motifs is 3. The molecule has 33 heavy (non-hydrogen) atoms. The summed E-state index contributed by atoms with van der Waals surface area (Å²) < 4.78 is 25.1. The molecule has 2 aliphatic carbocycles. The van der Waals surface area contributed by atoms with Crippen LogP contribution in [-0.2, 0) is 28.4 Å². The number of rotatable bonds is 3. The molecule has 7 heteroatoms. The van der Waals surface area contributed by atoms with E-state index in [0.717, 1.165) is 45.5 Å². The third-order valence-corrected chi connectivity index (χ3v) is 8.67. The normalized spacial score (nSPS) is 20.2. The molecule has 0 saturated carbocycles. The van der Waals surface area contributed by atoms with Crippen molar-refractivity contribution in [3.8, 4) is 6.07 Å². The van der Waals surface area contributed by atoms with Crippen molar-refractivity contribution < 1.29 is 13.2 Å². The highest BCUT2D eigenvalue weighted by Crippen LogP contribution is 2.50. The summed E-state index contributed by atoms with van der Waals surface area (Å²) in [6, 6.07) is 13.9. The van der Waals surface area contributed by atoms with E-state index >= 15 is 0 Å². The highest BCUT2D eigenvalue weighted by Gasteiger charge is 2.42. The zero-order chi connectivity index (χ0) is 23.5. The van der Waals surface area contributed by atoms with Crippen molar-refractivity contribution in [2.24, 2.45) is 0 Å². The van der Waals surface area contributed by atoms with E-state index in [0.29, 0.717) is 38.2 Å². The molecule has 0 spiro atoms. The van der Waals surface area contributed by atoms with Crippen molar-refractivity contribution in [3.05, 3.63) is 75.4 Å². The zero-order valence-electron chi connectivity index (χ0n) is 19.2. The second-order valence-electron chi connectivity index (χ2n) is 9.79. The van der Waals surface area contributed by atoms with Gasteiger partial charge in [0.25, 0.3) is 0 Å². The standard InChI is InChI=1S/C26H27N3O3S/c1-26(2)22-13-18(16-28-8-10-29(11-9-28)33(3,31)32)5-7-21(22)25(30)24-20-6-4-17(15-27)12-19(20)14-23(24)26/h4-7,12-13H,8-11,14,16H2,1-3H3. The Bertz CT molecular complexity index is 1360. The SMILES string of the molecule is CC1(C)C2=C(C(=O)c3ccc(CN4CCN(S(C)(=O)=O)CC4)cc31)c1ccc(C#N)cc1C2. The number of allylic oxidation sites excluding steroid dienone is 2. The first-order chi connectivity index (χ1) is 15.6. The van der Waals surface area contributed by atoms with E-state index < -0.39 is 10.0 Å². The highest BCUT2D eigenvalue weighted by atomic mass is 32.2. The number of hydrogen-bond acceptors (Lipinski definition) is 5. The van der Waals surface area contributed by atoms with Crippen LogP contribution in [0.15, 0.2) is 42.0 Å². The topological polar surface area (TPSA) is 81.5 Å². The fourth-order valence-corrected chi connectivity index (χ4v) is 6.29. The number of carbonyl (C=O) groups is 1. The van der Waals surface area contributed by atoms with Gasteiger partial charge in [-0.1, -0.05) is 38.1 Å². The second-order valence-corrected chi connectivity index (χ2v) is 11.8. The molecule has 0 N–H and O–H groups in total. The Morgan fingerprint density at radius 3 is 2.39 bits per heavy atom. The molecule has 0 atom stereocenters. The van der Waals surface area contributed by atoms with Gasteiger partial charge < -0.3 is 0 Å². The third kappa shape index (κ3) is 3.63. The molecule has 1 heterocycles. The van der Waals surface area contributed by atoms with Gasteiger partial charge in [-0.25, -0.2) is 8.42 Å². The lowest BCUT2D eigenvalue weighted by Crippen LogP contribution is -2.47. The fraction of sp³-hybridized carbons (Fsp3) is 0.385. The van der Waals surface area contributed by atoms with Gasteiger partial charge in [-0.3, -0.25) is 9.69 Å². The molecule has 3 aliphatic rings. The molecular formula is C26H27N3O3S. The number of hydrogen-bond donors (Lipinski definition) is 0. The molecule has 0 unspecified atom stereocenters. The van der Waals surface area contributed by atoms with Gasteiger partial charge in [0.05, 0.1) is 17.9 Å². The monoisotopic (exact) mass is 461 g/mol. The number of sulfonamides is 1. The van der Waals surface area contributed by atoms with Gasteiger partial charge in [0, 0.05) is 49.3 Å². The number of Topliss-reactive ketones (excluding diaryl/α,β-unsaturated/α-hetero) is 1. The number of ketones is 1. The van der Waals surface area contributed by atoms with Gasteiger partial charge in [-0.05, 0) is 46.4 Å². The molecule has 0 aromatic heterocycles. The molecular weight excluding hydrogens is 434 g/mol. The van der Waals surface area contributed by atoms with Crippen LogP contribution in [0.3, 0.4) is 0 Å². The number of benzene rings is 2. The molecule has 6 nitrogen and oxygen atoms in total. The van der Waals surface area contributed by atoms with Crippen LogP contribution in [-0.4, -0.2) is 55.8 Å². The maximum atomic E-state index is 13.5. The number of piperazine rings is 1. The van der Waals surface area contributed by atoms with Crippen molar-refractivity contribution >= 4 is 21.4 Å².